The molecule has 1 saturated heterocycles. The monoisotopic (exact) mass is 288 g/mol. The van der Waals surface area contributed by atoms with E-state index in [0.717, 1.165) is 24.3 Å². The highest BCUT2D eigenvalue weighted by molar-refractivity contribution is 5.79. The van der Waals surface area contributed by atoms with Gasteiger partial charge in [-0.15, -0.1) is 0 Å². The van der Waals surface area contributed by atoms with Crippen LogP contribution in [-0.2, 0) is 6.54 Å². The molecular weight excluding hydrogens is 267 g/mol. The van der Waals surface area contributed by atoms with Crippen molar-refractivity contribution in [3.8, 4) is 0 Å². The van der Waals surface area contributed by atoms with Crippen LogP contribution in [0.3, 0.4) is 0 Å². The Morgan fingerprint density at radius 3 is 2.62 bits per heavy atom. The van der Waals surface area contributed by atoms with E-state index in [4.69, 9.17) is 0 Å². The number of hydrogen-bond acceptors (Lipinski definition) is 2. The van der Waals surface area contributed by atoms with Crippen molar-refractivity contribution in [2.45, 2.75) is 39.2 Å². The average Bonchev–Trinajstić information content (AvgIpc) is 2.73. The van der Waals surface area contributed by atoms with Gasteiger partial charge in [0, 0.05) is 28.7 Å². The van der Waals surface area contributed by atoms with Gasteiger partial charge in [0.25, 0.3) is 0 Å². The van der Waals surface area contributed by atoms with Crippen molar-refractivity contribution in [2.75, 3.05) is 13.1 Å². The molecule has 1 N–H and O–H groups in total. The molecule has 0 spiro atoms. The number of nitrogens with one attached hydrogen (secondary N) is 1. The number of halogens is 1. The molecule has 112 valence electrons. The molecule has 1 aromatic carbocycles. The molecule has 0 saturated carbocycles. The van der Waals surface area contributed by atoms with Crippen molar-refractivity contribution in [3.05, 3.63) is 45.5 Å². The number of fused-ring (bicyclic) bond motifs is 1. The summed E-state index contributed by atoms with van der Waals surface area (Å²) >= 11 is 0. The van der Waals surface area contributed by atoms with Gasteiger partial charge in [0.1, 0.15) is 5.82 Å². The lowest BCUT2D eigenvalue weighted by Gasteiger charge is -2.20. The van der Waals surface area contributed by atoms with Gasteiger partial charge >= 0.3 is 0 Å². The van der Waals surface area contributed by atoms with Crippen LogP contribution in [0.25, 0.3) is 10.9 Å². The maximum atomic E-state index is 13.4. The third-order valence-electron chi connectivity index (χ3n) is 4.36. The van der Waals surface area contributed by atoms with Crippen LogP contribution in [0.2, 0.25) is 0 Å². The molecule has 0 unspecified atom stereocenters. The average molecular weight is 288 g/mol. The molecule has 0 aliphatic carbocycles. The lowest BCUT2D eigenvalue weighted by atomic mass is 10.1. The summed E-state index contributed by atoms with van der Waals surface area (Å²) in [6.07, 6.45) is 4.93. The molecule has 3 rings (SSSR count). The fraction of sp³-hybridized carbons (Fsp3) is 0.471. The molecule has 3 nitrogen and oxygen atoms in total. The Hall–Kier alpha value is -1.68. The minimum atomic E-state index is -0.363. The highest BCUT2D eigenvalue weighted by atomic mass is 19.1. The zero-order chi connectivity index (χ0) is 14.8. The van der Waals surface area contributed by atoms with E-state index in [9.17, 15) is 9.18 Å². The quantitative estimate of drug-likeness (QED) is 0.920. The molecule has 0 bridgehead atoms. The van der Waals surface area contributed by atoms with Crippen LogP contribution >= 0.6 is 0 Å². The topological polar surface area (TPSA) is 36.1 Å². The number of aryl methyl sites for hydroxylation is 1. The lowest BCUT2D eigenvalue weighted by molar-refractivity contribution is 0.275. The van der Waals surface area contributed by atoms with Crippen molar-refractivity contribution in [3.63, 3.8) is 0 Å². The summed E-state index contributed by atoms with van der Waals surface area (Å²) in [6.45, 7) is 4.67. The SMILES string of the molecule is Cc1[nH]c2ccc(F)cc2c(=O)c1CN1CCCCCC1. The largest absolute Gasteiger partial charge is 0.358 e. The molecule has 0 radical (unpaired) electrons. The number of rotatable bonds is 2. The molecule has 4 heteroatoms. The van der Waals surface area contributed by atoms with Gasteiger partial charge in [-0.2, -0.15) is 0 Å². The Kier molecular flexibility index (Phi) is 4.06. The van der Waals surface area contributed by atoms with E-state index in [-0.39, 0.29) is 11.2 Å². The van der Waals surface area contributed by atoms with Crippen LogP contribution in [0.4, 0.5) is 4.39 Å². The van der Waals surface area contributed by atoms with Crippen molar-refractivity contribution < 1.29 is 4.39 Å². The van der Waals surface area contributed by atoms with Crippen molar-refractivity contribution in [2.24, 2.45) is 0 Å². The normalized spacial score (nSPS) is 17.0. The highest BCUT2D eigenvalue weighted by Gasteiger charge is 2.15. The number of benzene rings is 1. The zero-order valence-electron chi connectivity index (χ0n) is 12.4. The summed E-state index contributed by atoms with van der Waals surface area (Å²) in [5.41, 5.74) is 2.34. The number of nitrogens with zero attached hydrogens (tertiary/aromatic N) is 1. The van der Waals surface area contributed by atoms with Gasteiger partial charge in [-0.3, -0.25) is 9.69 Å². The van der Waals surface area contributed by atoms with E-state index < -0.39 is 0 Å². The Morgan fingerprint density at radius 2 is 1.90 bits per heavy atom. The number of likely N-dealkylation sites (tertiary alicyclic amines) is 1. The fourth-order valence-corrected chi connectivity index (χ4v) is 3.13. The van der Waals surface area contributed by atoms with E-state index in [2.05, 4.69) is 9.88 Å². The summed E-state index contributed by atoms with van der Waals surface area (Å²) in [5.74, 6) is -0.363. The molecule has 2 heterocycles. The first kappa shape index (κ1) is 14.3. The Bertz CT molecular complexity index is 700. The lowest BCUT2D eigenvalue weighted by Crippen LogP contribution is -2.28. The van der Waals surface area contributed by atoms with E-state index in [1.807, 2.05) is 6.92 Å². The second kappa shape index (κ2) is 5.98. The maximum Gasteiger partial charge on any atom is 0.194 e. The number of H-pyrrole nitrogens is 1. The van der Waals surface area contributed by atoms with Gasteiger partial charge in [-0.1, -0.05) is 12.8 Å². The molecule has 1 fully saturated rings. The van der Waals surface area contributed by atoms with Gasteiger partial charge in [0.05, 0.1) is 0 Å². The first-order chi connectivity index (χ1) is 10.1. The van der Waals surface area contributed by atoms with E-state index in [0.29, 0.717) is 17.4 Å². The smallest absolute Gasteiger partial charge is 0.194 e. The Labute approximate surface area is 123 Å². The van der Waals surface area contributed by atoms with Crippen LogP contribution in [0.5, 0.6) is 0 Å². The molecule has 0 atom stereocenters. The minimum Gasteiger partial charge on any atom is -0.358 e. The van der Waals surface area contributed by atoms with Crippen LogP contribution in [-0.4, -0.2) is 23.0 Å². The molecule has 0 amide bonds. The maximum absolute atomic E-state index is 13.4. The second-order valence-electron chi connectivity index (χ2n) is 5.94. The number of aromatic amines is 1. The predicted molar refractivity (Wildman–Crippen MR) is 83.0 cm³/mol. The molecule has 21 heavy (non-hydrogen) atoms. The number of aromatic nitrogens is 1. The summed E-state index contributed by atoms with van der Waals surface area (Å²) < 4.78 is 13.4. The van der Waals surface area contributed by atoms with Gasteiger partial charge in [0.2, 0.25) is 0 Å². The molecule has 1 aliphatic heterocycles. The van der Waals surface area contributed by atoms with Crippen molar-refractivity contribution in [1.82, 2.24) is 9.88 Å². The molecule has 1 aliphatic rings. The van der Waals surface area contributed by atoms with E-state index in [1.165, 1.54) is 37.8 Å². The van der Waals surface area contributed by atoms with Crippen LogP contribution in [0.15, 0.2) is 23.0 Å². The summed E-state index contributed by atoms with van der Waals surface area (Å²) in [5, 5.41) is 0.449. The Balaban J connectivity index is 1.99. The van der Waals surface area contributed by atoms with Gasteiger partial charge in [-0.25, -0.2) is 4.39 Å². The van der Waals surface area contributed by atoms with Crippen molar-refractivity contribution in [1.29, 1.82) is 0 Å². The summed E-state index contributed by atoms with van der Waals surface area (Å²) in [7, 11) is 0. The third-order valence-corrected chi connectivity index (χ3v) is 4.36. The summed E-state index contributed by atoms with van der Waals surface area (Å²) in [6, 6.07) is 4.35. The van der Waals surface area contributed by atoms with Crippen LogP contribution in [0.1, 0.15) is 36.9 Å². The Morgan fingerprint density at radius 1 is 1.19 bits per heavy atom. The predicted octanol–water partition coefficient (Wildman–Crippen LogP) is 3.35. The van der Waals surface area contributed by atoms with E-state index >= 15 is 0 Å². The van der Waals surface area contributed by atoms with E-state index in [1.54, 1.807) is 6.07 Å². The minimum absolute atomic E-state index is 0.0370. The molecule has 1 aromatic heterocycles. The second-order valence-corrected chi connectivity index (χ2v) is 5.94. The molecular formula is C17H21FN2O. The summed E-state index contributed by atoms with van der Waals surface area (Å²) in [4.78, 5) is 18.2. The van der Waals surface area contributed by atoms with Crippen molar-refractivity contribution >= 4 is 10.9 Å². The number of hydrogen-bond donors (Lipinski definition) is 1. The van der Waals surface area contributed by atoms with Gasteiger partial charge < -0.3 is 4.98 Å². The highest BCUT2D eigenvalue weighted by Crippen LogP contribution is 2.16. The van der Waals surface area contributed by atoms with Crippen LogP contribution in [0, 0.1) is 12.7 Å². The first-order valence-corrected chi connectivity index (χ1v) is 7.68. The van der Waals surface area contributed by atoms with Gasteiger partial charge in [-0.05, 0) is 51.1 Å². The first-order valence-electron chi connectivity index (χ1n) is 7.68. The standard InChI is InChI=1S/C17H21FN2O/c1-12-15(11-20-8-4-2-3-5-9-20)17(21)14-10-13(18)6-7-16(14)19-12/h6-7,10H,2-5,8-9,11H2,1H3,(H,19,21). The van der Waals surface area contributed by atoms with Gasteiger partial charge in [0.15, 0.2) is 5.43 Å². The van der Waals surface area contributed by atoms with Crippen LogP contribution < -0.4 is 5.43 Å². The molecule has 2 aromatic rings. The third kappa shape index (κ3) is 3.00. The zero-order valence-corrected chi connectivity index (χ0v) is 12.4. The fourth-order valence-electron chi connectivity index (χ4n) is 3.13. The number of pyridine rings is 1.